The Bertz CT molecular complexity index is 279. The maximum absolute atomic E-state index is 3.70. The number of hydrogen-bond donors (Lipinski definition) is 0. The third-order valence-electron chi connectivity index (χ3n) is 3.42. The summed E-state index contributed by atoms with van der Waals surface area (Å²) in [6, 6.07) is 0. The molecule has 1 fully saturated rings. The fraction of sp³-hybridized carbons (Fsp3) is 0.636. The van der Waals surface area contributed by atoms with Crippen LogP contribution < -0.4 is 0 Å². The SMILES string of the molecule is CCC1=[C-]C2(CC2)C2=C1CC2.[Ir]. The molecule has 0 aromatic carbocycles. The van der Waals surface area contributed by atoms with Gasteiger partial charge in [0.25, 0.3) is 0 Å². The number of hydrogen-bond acceptors (Lipinski definition) is 0. The van der Waals surface area contributed by atoms with Crippen LogP contribution in [0.3, 0.4) is 0 Å². The molecule has 1 spiro atoms. The molecule has 1 saturated carbocycles. The third-order valence-corrected chi connectivity index (χ3v) is 3.42. The van der Waals surface area contributed by atoms with Crippen molar-refractivity contribution in [2.45, 2.75) is 39.0 Å². The summed E-state index contributed by atoms with van der Waals surface area (Å²) in [5.74, 6) is 0. The molecule has 0 amide bonds. The first-order valence-corrected chi connectivity index (χ1v) is 4.72. The summed E-state index contributed by atoms with van der Waals surface area (Å²) in [7, 11) is 0. The van der Waals surface area contributed by atoms with Crippen LogP contribution in [-0.4, -0.2) is 0 Å². The van der Waals surface area contributed by atoms with E-state index in [0.29, 0.717) is 5.41 Å². The third kappa shape index (κ3) is 0.871. The summed E-state index contributed by atoms with van der Waals surface area (Å²) < 4.78 is 0. The molecule has 0 heterocycles. The Kier molecular flexibility index (Phi) is 1.86. The van der Waals surface area contributed by atoms with Gasteiger partial charge in [0.15, 0.2) is 0 Å². The van der Waals surface area contributed by atoms with Gasteiger partial charge in [0.2, 0.25) is 0 Å². The molecule has 12 heavy (non-hydrogen) atoms. The van der Waals surface area contributed by atoms with Crippen molar-refractivity contribution in [3.8, 4) is 0 Å². The van der Waals surface area contributed by atoms with Gasteiger partial charge in [-0.2, -0.15) is 11.1 Å². The van der Waals surface area contributed by atoms with Gasteiger partial charge < -0.3 is 0 Å². The van der Waals surface area contributed by atoms with Crippen LogP contribution in [0.2, 0.25) is 0 Å². The monoisotopic (exact) mass is 338 g/mol. The van der Waals surface area contributed by atoms with E-state index < -0.39 is 0 Å². The van der Waals surface area contributed by atoms with E-state index in [9.17, 15) is 0 Å². The van der Waals surface area contributed by atoms with Crippen LogP contribution in [0.5, 0.6) is 0 Å². The van der Waals surface area contributed by atoms with E-state index in [1.807, 2.05) is 0 Å². The van der Waals surface area contributed by atoms with Gasteiger partial charge in [0.05, 0.1) is 0 Å². The second kappa shape index (κ2) is 2.56. The Morgan fingerprint density at radius 1 is 1.33 bits per heavy atom. The Hall–Kier alpha value is 0.129. The van der Waals surface area contributed by atoms with Gasteiger partial charge in [-0.1, -0.05) is 44.4 Å². The minimum Gasteiger partial charge on any atom is -0.262 e. The van der Waals surface area contributed by atoms with Crippen LogP contribution in [0, 0.1) is 11.5 Å². The molecule has 3 aliphatic rings. The molecule has 0 unspecified atom stereocenters. The number of allylic oxidation sites excluding steroid dienone is 4. The molecule has 67 valence electrons. The van der Waals surface area contributed by atoms with E-state index in [1.165, 1.54) is 32.1 Å². The van der Waals surface area contributed by atoms with Crippen LogP contribution >= 0.6 is 0 Å². The fourth-order valence-corrected chi connectivity index (χ4v) is 2.53. The minimum absolute atomic E-state index is 0. The first-order chi connectivity index (χ1) is 5.36. The van der Waals surface area contributed by atoms with Gasteiger partial charge in [-0.25, -0.2) is 5.57 Å². The standard InChI is InChI=1S/C11H13.Ir/c1-2-8-7-11(5-6-11)10-4-3-9(8)10;/h2-6H2,1H3;/q-1;. The van der Waals surface area contributed by atoms with Crippen LogP contribution in [0.15, 0.2) is 16.7 Å². The number of fused-ring (bicyclic) bond motifs is 1. The Balaban J connectivity index is 0.000000563. The van der Waals surface area contributed by atoms with E-state index in [0.717, 1.165) is 0 Å². The normalized spacial score (nSPS) is 27.6. The van der Waals surface area contributed by atoms with Crippen molar-refractivity contribution in [3.05, 3.63) is 22.8 Å². The first-order valence-electron chi connectivity index (χ1n) is 4.72. The molecule has 0 saturated heterocycles. The van der Waals surface area contributed by atoms with Gasteiger partial charge in [-0.15, -0.1) is 0 Å². The van der Waals surface area contributed by atoms with E-state index in [1.54, 1.807) is 16.7 Å². The summed E-state index contributed by atoms with van der Waals surface area (Å²) in [5.41, 5.74) is 5.56. The van der Waals surface area contributed by atoms with E-state index in [4.69, 9.17) is 0 Å². The summed E-state index contributed by atoms with van der Waals surface area (Å²) in [5, 5.41) is 0. The van der Waals surface area contributed by atoms with Gasteiger partial charge in [0.1, 0.15) is 0 Å². The molecular weight excluding hydrogens is 324 g/mol. The molecule has 0 aliphatic heterocycles. The van der Waals surface area contributed by atoms with E-state index in [2.05, 4.69) is 13.0 Å². The summed E-state index contributed by atoms with van der Waals surface area (Å²) in [6.07, 6.45) is 10.4. The summed E-state index contributed by atoms with van der Waals surface area (Å²) in [6.45, 7) is 2.26. The molecule has 0 atom stereocenters. The maximum Gasteiger partial charge on any atom is 0 e. The molecule has 3 aliphatic carbocycles. The molecule has 3 rings (SSSR count). The van der Waals surface area contributed by atoms with Crippen molar-refractivity contribution in [3.63, 3.8) is 0 Å². The van der Waals surface area contributed by atoms with Crippen molar-refractivity contribution in [2.75, 3.05) is 0 Å². The van der Waals surface area contributed by atoms with Crippen molar-refractivity contribution >= 4 is 0 Å². The molecule has 1 heteroatoms. The number of rotatable bonds is 1. The average molecular weight is 337 g/mol. The van der Waals surface area contributed by atoms with Crippen LogP contribution in [-0.2, 0) is 20.1 Å². The zero-order valence-corrected chi connectivity index (χ0v) is 9.76. The van der Waals surface area contributed by atoms with Crippen LogP contribution in [0.4, 0.5) is 0 Å². The minimum atomic E-state index is 0. The van der Waals surface area contributed by atoms with Gasteiger partial charge in [0, 0.05) is 20.1 Å². The maximum atomic E-state index is 3.70. The predicted octanol–water partition coefficient (Wildman–Crippen LogP) is 3.01. The second-order valence-corrected chi connectivity index (χ2v) is 4.00. The largest absolute Gasteiger partial charge is 0.262 e. The quantitative estimate of drug-likeness (QED) is 0.645. The van der Waals surface area contributed by atoms with Crippen molar-refractivity contribution in [1.82, 2.24) is 0 Å². The van der Waals surface area contributed by atoms with Crippen molar-refractivity contribution < 1.29 is 20.1 Å². The van der Waals surface area contributed by atoms with Crippen molar-refractivity contribution in [1.29, 1.82) is 0 Å². The molecule has 0 aromatic rings. The van der Waals surface area contributed by atoms with Gasteiger partial charge in [-0.05, 0) is 0 Å². The predicted molar refractivity (Wildman–Crippen MR) is 45.0 cm³/mol. The Morgan fingerprint density at radius 2 is 2.08 bits per heavy atom. The Morgan fingerprint density at radius 3 is 2.33 bits per heavy atom. The molecule has 0 N–H and O–H groups in total. The molecule has 0 nitrogen and oxygen atoms in total. The average Bonchev–Trinajstić information content (AvgIpc) is 2.61. The molecular formula is C11H13Ir-. The first kappa shape index (κ1) is 8.72. The van der Waals surface area contributed by atoms with Gasteiger partial charge in [-0.3, -0.25) is 6.08 Å². The summed E-state index contributed by atoms with van der Waals surface area (Å²) in [4.78, 5) is 0. The van der Waals surface area contributed by atoms with Gasteiger partial charge >= 0.3 is 0 Å². The molecule has 0 aromatic heterocycles. The topological polar surface area (TPSA) is 0 Å². The smallest absolute Gasteiger partial charge is 0 e. The second-order valence-electron chi connectivity index (χ2n) is 4.00. The Labute approximate surface area is 87.5 Å². The zero-order chi connectivity index (χ0) is 7.47. The zero-order valence-electron chi connectivity index (χ0n) is 7.37. The van der Waals surface area contributed by atoms with Crippen LogP contribution in [0.1, 0.15) is 39.0 Å². The molecule has 0 bridgehead atoms. The fourth-order valence-electron chi connectivity index (χ4n) is 2.53. The van der Waals surface area contributed by atoms with E-state index >= 15 is 0 Å². The van der Waals surface area contributed by atoms with Crippen LogP contribution in [0.25, 0.3) is 0 Å². The summed E-state index contributed by atoms with van der Waals surface area (Å²) >= 11 is 0. The molecule has 1 radical (unpaired) electrons. The van der Waals surface area contributed by atoms with E-state index in [-0.39, 0.29) is 20.1 Å². The van der Waals surface area contributed by atoms with Crippen molar-refractivity contribution in [2.24, 2.45) is 5.41 Å².